The molecule has 0 radical (unpaired) electrons. The van der Waals surface area contributed by atoms with Crippen LogP contribution in [0.25, 0.3) is 0 Å². The maximum absolute atomic E-state index is 10.2. The number of hydrogen-bond donors (Lipinski definition) is 1. The van der Waals surface area contributed by atoms with Crippen LogP contribution in [0, 0.1) is 0 Å². The van der Waals surface area contributed by atoms with Gasteiger partial charge in [-0.3, -0.25) is 4.68 Å². The van der Waals surface area contributed by atoms with Gasteiger partial charge in [-0.25, -0.2) is 9.97 Å². The summed E-state index contributed by atoms with van der Waals surface area (Å²) in [5, 5.41) is 14.6. The molecule has 2 rings (SSSR count). The lowest BCUT2D eigenvalue weighted by Gasteiger charge is -2.10. The number of ether oxygens (including phenoxy) is 1. The van der Waals surface area contributed by atoms with Gasteiger partial charge in [0, 0.05) is 25.2 Å². The fraction of sp³-hybridized carbons (Fsp3) is 0.462. The maximum Gasteiger partial charge on any atom is 0.216 e. The Hall–Kier alpha value is -1.95. The Kier molecular flexibility index (Phi) is 4.11. The van der Waals surface area contributed by atoms with Gasteiger partial charge in [0.15, 0.2) is 0 Å². The number of aromatic nitrogens is 4. The smallest absolute Gasteiger partial charge is 0.216 e. The number of rotatable bonds is 5. The molecular formula is C13H18N4O2. The van der Waals surface area contributed by atoms with E-state index in [4.69, 9.17) is 4.74 Å². The summed E-state index contributed by atoms with van der Waals surface area (Å²) >= 11 is 0. The van der Waals surface area contributed by atoms with Crippen LogP contribution in [0.4, 0.5) is 0 Å². The van der Waals surface area contributed by atoms with Gasteiger partial charge in [-0.1, -0.05) is 6.92 Å². The summed E-state index contributed by atoms with van der Waals surface area (Å²) in [4.78, 5) is 7.99. The lowest BCUT2D eigenvalue weighted by Crippen LogP contribution is -2.08. The van der Waals surface area contributed by atoms with Crippen molar-refractivity contribution in [2.75, 3.05) is 7.11 Å². The fourth-order valence-electron chi connectivity index (χ4n) is 1.89. The molecular weight excluding hydrogens is 244 g/mol. The van der Waals surface area contributed by atoms with Crippen LogP contribution in [0.15, 0.2) is 18.5 Å². The molecule has 6 nitrogen and oxygen atoms in total. The summed E-state index contributed by atoms with van der Waals surface area (Å²) in [6, 6.07) is 3.64. The van der Waals surface area contributed by atoms with Crippen LogP contribution >= 0.6 is 0 Å². The number of methoxy groups -OCH3 is 1. The third-order valence-corrected chi connectivity index (χ3v) is 3.01. The third-order valence-electron chi connectivity index (χ3n) is 3.01. The van der Waals surface area contributed by atoms with Crippen LogP contribution < -0.4 is 4.74 Å². The summed E-state index contributed by atoms with van der Waals surface area (Å²) in [5.41, 5.74) is 2.54. The molecule has 0 fully saturated rings. The molecule has 1 atom stereocenters. The van der Waals surface area contributed by atoms with Crippen molar-refractivity contribution in [3.63, 3.8) is 0 Å². The molecule has 1 unspecified atom stereocenters. The Bertz CT molecular complexity index is 553. The van der Waals surface area contributed by atoms with Crippen molar-refractivity contribution in [2.24, 2.45) is 7.05 Å². The van der Waals surface area contributed by atoms with Gasteiger partial charge in [-0.2, -0.15) is 5.10 Å². The lowest BCUT2D eigenvalue weighted by atomic mass is 10.1. The molecule has 2 heterocycles. The summed E-state index contributed by atoms with van der Waals surface area (Å²) in [5.74, 6) is 0.448. The van der Waals surface area contributed by atoms with E-state index in [2.05, 4.69) is 22.0 Å². The molecule has 0 bridgehead atoms. The first-order chi connectivity index (χ1) is 9.13. The van der Waals surface area contributed by atoms with E-state index >= 15 is 0 Å². The fourth-order valence-corrected chi connectivity index (χ4v) is 1.89. The Morgan fingerprint density at radius 1 is 1.37 bits per heavy atom. The molecule has 0 saturated heterocycles. The molecule has 2 aromatic rings. The molecule has 0 aliphatic rings. The van der Waals surface area contributed by atoms with Gasteiger partial charge in [-0.05, 0) is 12.5 Å². The Morgan fingerprint density at radius 2 is 2.16 bits per heavy atom. The van der Waals surface area contributed by atoms with Crippen molar-refractivity contribution in [3.05, 3.63) is 35.5 Å². The van der Waals surface area contributed by atoms with Crippen molar-refractivity contribution >= 4 is 0 Å². The van der Waals surface area contributed by atoms with Crippen molar-refractivity contribution in [1.82, 2.24) is 19.7 Å². The molecule has 2 aromatic heterocycles. The van der Waals surface area contributed by atoms with E-state index in [-0.39, 0.29) is 0 Å². The highest BCUT2D eigenvalue weighted by atomic mass is 16.5. The van der Waals surface area contributed by atoms with E-state index in [0.29, 0.717) is 18.0 Å². The molecule has 0 spiro atoms. The zero-order valence-corrected chi connectivity index (χ0v) is 11.4. The molecule has 102 valence electrons. The Morgan fingerprint density at radius 3 is 2.79 bits per heavy atom. The van der Waals surface area contributed by atoms with Gasteiger partial charge in [-0.15, -0.1) is 0 Å². The second-order valence-corrected chi connectivity index (χ2v) is 4.31. The monoisotopic (exact) mass is 262 g/mol. The summed E-state index contributed by atoms with van der Waals surface area (Å²) in [7, 11) is 3.41. The zero-order chi connectivity index (χ0) is 13.8. The van der Waals surface area contributed by atoms with Gasteiger partial charge in [0.1, 0.15) is 12.4 Å². The average molecular weight is 262 g/mol. The Balaban J connectivity index is 2.15. The van der Waals surface area contributed by atoms with Gasteiger partial charge in [0.25, 0.3) is 0 Å². The predicted octanol–water partition coefficient (Wildman–Crippen LogP) is 1.06. The van der Waals surface area contributed by atoms with Crippen LogP contribution in [-0.4, -0.2) is 32.0 Å². The quantitative estimate of drug-likeness (QED) is 0.872. The number of nitrogens with zero attached hydrogens (tertiary/aromatic N) is 4. The van der Waals surface area contributed by atoms with Gasteiger partial charge in [0.05, 0.1) is 18.5 Å². The maximum atomic E-state index is 10.2. The highest BCUT2D eigenvalue weighted by molar-refractivity contribution is 5.18. The van der Waals surface area contributed by atoms with Crippen LogP contribution in [-0.2, 0) is 19.9 Å². The van der Waals surface area contributed by atoms with E-state index in [1.165, 1.54) is 13.4 Å². The SMILES string of the molecule is CCc1cc(CC(O)c2cc(OC)ncn2)n(C)n1. The lowest BCUT2D eigenvalue weighted by molar-refractivity contribution is 0.170. The van der Waals surface area contributed by atoms with Crippen molar-refractivity contribution < 1.29 is 9.84 Å². The molecule has 0 saturated carbocycles. The molecule has 6 heteroatoms. The van der Waals surface area contributed by atoms with Crippen molar-refractivity contribution in [1.29, 1.82) is 0 Å². The first-order valence-corrected chi connectivity index (χ1v) is 6.19. The van der Waals surface area contributed by atoms with Crippen molar-refractivity contribution in [3.8, 4) is 5.88 Å². The van der Waals surface area contributed by atoms with E-state index in [1.54, 1.807) is 10.7 Å². The standard InChI is InChI=1S/C13H18N4O2/c1-4-9-5-10(17(2)16-9)6-12(18)11-7-13(19-3)15-8-14-11/h5,7-8,12,18H,4,6H2,1-3H3. The topological polar surface area (TPSA) is 73.1 Å². The molecule has 0 aromatic carbocycles. The summed E-state index contributed by atoms with van der Waals surface area (Å²) in [6.45, 7) is 2.05. The molecule has 0 aliphatic heterocycles. The van der Waals surface area contributed by atoms with E-state index in [9.17, 15) is 5.11 Å². The summed E-state index contributed by atoms with van der Waals surface area (Å²) in [6.07, 6.45) is 2.03. The van der Waals surface area contributed by atoms with Gasteiger partial charge in [0.2, 0.25) is 5.88 Å². The third kappa shape index (κ3) is 3.08. The molecule has 19 heavy (non-hydrogen) atoms. The first kappa shape index (κ1) is 13.5. The van der Waals surface area contributed by atoms with E-state index in [0.717, 1.165) is 17.8 Å². The van der Waals surface area contributed by atoms with E-state index < -0.39 is 6.10 Å². The predicted molar refractivity (Wildman–Crippen MR) is 69.8 cm³/mol. The number of aryl methyl sites for hydroxylation is 2. The van der Waals surface area contributed by atoms with Crippen LogP contribution in [0.1, 0.15) is 30.1 Å². The minimum Gasteiger partial charge on any atom is -0.481 e. The largest absolute Gasteiger partial charge is 0.481 e. The minimum atomic E-state index is -0.697. The van der Waals surface area contributed by atoms with Crippen LogP contribution in [0.5, 0.6) is 5.88 Å². The Labute approximate surface area is 112 Å². The van der Waals surface area contributed by atoms with Crippen LogP contribution in [0.3, 0.4) is 0 Å². The number of aliphatic hydroxyl groups excluding tert-OH is 1. The zero-order valence-electron chi connectivity index (χ0n) is 11.4. The highest BCUT2D eigenvalue weighted by Crippen LogP contribution is 2.19. The van der Waals surface area contributed by atoms with E-state index in [1.807, 2.05) is 13.1 Å². The highest BCUT2D eigenvalue weighted by Gasteiger charge is 2.14. The molecule has 1 N–H and O–H groups in total. The van der Waals surface area contributed by atoms with Crippen molar-refractivity contribution in [2.45, 2.75) is 25.9 Å². The molecule has 0 aliphatic carbocycles. The summed E-state index contributed by atoms with van der Waals surface area (Å²) < 4.78 is 6.81. The molecule has 0 amide bonds. The van der Waals surface area contributed by atoms with Gasteiger partial charge < -0.3 is 9.84 Å². The first-order valence-electron chi connectivity index (χ1n) is 6.19. The second-order valence-electron chi connectivity index (χ2n) is 4.31. The number of hydrogen-bond acceptors (Lipinski definition) is 5. The minimum absolute atomic E-state index is 0.448. The second kappa shape index (κ2) is 5.79. The van der Waals surface area contributed by atoms with Gasteiger partial charge >= 0.3 is 0 Å². The normalized spacial score (nSPS) is 12.4. The number of aliphatic hydroxyl groups is 1. The average Bonchev–Trinajstić information content (AvgIpc) is 2.79. The van der Waals surface area contributed by atoms with Crippen LogP contribution in [0.2, 0.25) is 0 Å².